The fourth-order valence-corrected chi connectivity index (χ4v) is 4.11. The molecule has 1 amide bonds. The number of allylic oxidation sites excluding steroid dienone is 1. The van der Waals surface area contributed by atoms with E-state index in [-0.39, 0.29) is 17.3 Å². The van der Waals surface area contributed by atoms with E-state index in [1.165, 1.54) is 0 Å². The van der Waals surface area contributed by atoms with Crippen LogP contribution in [0, 0.1) is 6.92 Å². The van der Waals surface area contributed by atoms with Gasteiger partial charge in [-0.1, -0.05) is 37.1 Å². The normalized spacial score (nSPS) is 19.0. The predicted molar refractivity (Wildman–Crippen MR) is 91.5 cm³/mol. The molecule has 0 saturated carbocycles. The summed E-state index contributed by atoms with van der Waals surface area (Å²) in [6.07, 6.45) is 6.91. The van der Waals surface area contributed by atoms with Gasteiger partial charge in [0.25, 0.3) is 15.9 Å². The van der Waals surface area contributed by atoms with Gasteiger partial charge in [0.1, 0.15) is 0 Å². The number of aryl methyl sites for hydroxylation is 1. The highest BCUT2D eigenvalue weighted by molar-refractivity contribution is 7.89. The molecule has 5 heteroatoms. The van der Waals surface area contributed by atoms with E-state index in [4.69, 9.17) is 0 Å². The lowest BCUT2D eigenvalue weighted by atomic mass is 10.0. The van der Waals surface area contributed by atoms with Gasteiger partial charge in [0, 0.05) is 12.1 Å². The first-order valence-electron chi connectivity index (χ1n) is 8.29. The highest BCUT2D eigenvalue weighted by Gasteiger charge is 2.31. The van der Waals surface area contributed by atoms with Gasteiger partial charge >= 0.3 is 0 Å². The number of carbonyl (C=O) groups is 1. The Bertz CT molecular complexity index is 675. The summed E-state index contributed by atoms with van der Waals surface area (Å²) in [5.74, 6) is -0.348. The molecule has 0 fully saturated rings. The zero-order valence-corrected chi connectivity index (χ0v) is 14.7. The minimum atomic E-state index is -3.78. The summed E-state index contributed by atoms with van der Waals surface area (Å²) in [6, 6.07) is 6.67. The van der Waals surface area contributed by atoms with Crippen LogP contribution in [0.3, 0.4) is 0 Å². The first-order valence-corrected chi connectivity index (χ1v) is 9.73. The van der Waals surface area contributed by atoms with Gasteiger partial charge in [-0.15, -0.1) is 0 Å². The highest BCUT2D eigenvalue weighted by Crippen LogP contribution is 2.23. The van der Waals surface area contributed by atoms with Crippen LogP contribution >= 0.6 is 0 Å². The van der Waals surface area contributed by atoms with Crippen LogP contribution in [0.1, 0.15) is 51.0 Å². The van der Waals surface area contributed by atoms with Gasteiger partial charge in [0.2, 0.25) is 0 Å². The van der Waals surface area contributed by atoms with E-state index < -0.39 is 10.0 Å². The third-order valence-electron chi connectivity index (χ3n) is 4.12. The van der Waals surface area contributed by atoms with E-state index >= 15 is 0 Å². The van der Waals surface area contributed by atoms with Crippen LogP contribution in [0.15, 0.2) is 40.8 Å². The second-order valence-corrected chi connectivity index (χ2v) is 7.89. The van der Waals surface area contributed by atoms with Gasteiger partial charge in [0.05, 0.1) is 4.90 Å². The summed E-state index contributed by atoms with van der Waals surface area (Å²) in [5, 5.41) is 0. The maximum atomic E-state index is 12.9. The van der Waals surface area contributed by atoms with E-state index in [0.717, 1.165) is 35.6 Å². The molecule has 23 heavy (non-hydrogen) atoms. The van der Waals surface area contributed by atoms with Gasteiger partial charge in [-0.2, -0.15) is 0 Å². The van der Waals surface area contributed by atoms with E-state index in [1.54, 1.807) is 24.3 Å². The van der Waals surface area contributed by atoms with Crippen molar-refractivity contribution >= 4 is 15.9 Å². The number of rotatable bonds is 5. The average Bonchev–Trinajstić information content (AvgIpc) is 2.51. The number of sulfonamides is 1. The standard InChI is InChI=1S/C18H25NO3S/c1-3-4-8-16-9-6-5-7-14-19(18(16)20)23(21,22)17-12-10-15(2)11-13-17/h9-13H,3-8,14H2,1-2H3/b16-9-. The Morgan fingerprint density at radius 1 is 1.13 bits per heavy atom. The van der Waals surface area contributed by atoms with Crippen LogP contribution in [0.2, 0.25) is 0 Å². The van der Waals surface area contributed by atoms with Crippen molar-refractivity contribution in [1.29, 1.82) is 0 Å². The molecule has 126 valence electrons. The zero-order valence-electron chi connectivity index (χ0n) is 13.9. The lowest BCUT2D eigenvalue weighted by molar-refractivity contribution is -0.123. The second kappa shape index (κ2) is 7.77. The van der Waals surface area contributed by atoms with E-state index in [0.29, 0.717) is 18.4 Å². The quantitative estimate of drug-likeness (QED) is 0.822. The number of hydrogen-bond acceptors (Lipinski definition) is 3. The largest absolute Gasteiger partial charge is 0.268 e. The molecular weight excluding hydrogens is 310 g/mol. The topological polar surface area (TPSA) is 54.5 Å². The Morgan fingerprint density at radius 2 is 1.83 bits per heavy atom. The molecule has 0 atom stereocenters. The molecular formula is C18H25NO3S. The van der Waals surface area contributed by atoms with Crippen LogP contribution in [0.5, 0.6) is 0 Å². The maximum absolute atomic E-state index is 12.9. The number of hydrogen-bond donors (Lipinski definition) is 0. The first-order chi connectivity index (χ1) is 11.0. The molecule has 1 aromatic carbocycles. The number of carbonyl (C=O) groups excluding carboxylic acids is 1. The molecule has 0 aromatic heterocycles. The molecule has 1 aliphatic rings. The van der Waals surface area contributed by atoms with E-state index in [9.17, 15) is 13.2 Å². The van der Waals surface area contributed by atoms with Crippen molar-refractivity contribution in [3.63, 3.8) is 0 Å². The zero-order chi connectivity index (χ0) is 16.9. The minimum Gasteiger partial charge on any atom is -0.268 e. The van der Waals surface area contributed by atoms with Crippen molar-refractivity contribution < 1.29 is 13.2 Å². The Labute approximate surface area is 139 Å². The van der Waals surface area contributed by atoms with Gasteiger partial charge in [-0.3, -0.25) is 4.79 Å². The summed E-state index contributed by atoms with van der Waals surface area (Å²) in [7, 11) is -3.78. The van der Waals surface area contributed by atoms with Crippen LogP contribution in [0.25, 0.3) is 0 Å². The summed E-state index contributed by atoms with van der Waals surface area (Å²) in [6.45, 7) is 4.23. The van der Waals surface area contributed by atoms with Crippen molar-refractivity contribution in [3.8, 4) is 0 Å². The molecule has 1 aromatic rings. The minimum absolute atomic E-state index is 0.187. The lowest BCUT2D eigenvalue weighted by Crippen LogP contribution is -2.39. The smallest absolute Gasteiger partial charge is 0.266 e. The van der Waals surface area contributed by atoms with E-state index in [2.05, 4.69) is 6.92 Å². The average molecular weight is 335 g/mol. The van der Waals surface area contributed by atoms with E-state index in [1.807, 2.05) is 13.0 Å². The SMILES string of the molecule is CCCC/C1=C/CCCCN(S(=O)(=O)c2ccc(C)cc2)C1=O. The predicted octanol–water partition coefficient (Wildman–Crippen LogP) is 3.81. The fraction of sp³-hybridized carbons (Fsp3) is 0.500. The lowest BCUT2D eigenvalue weighted by Gasteiger charge is -2.25. The molecule has 0 bridgehead atoms. The molecule has 1 heterocycles. The van der Waals surface area contributed by atoms with Crippen molar-refractivity contribution in [3.05, 3.63) is 41.5 Å². The van der Waals surface area contributed by atoms with Crippen molar-refractivity contribution in [2.75, 3.05) is 6.54 Å². The summed E-state index contributed by atoms with van der Waals surface area (Å²) in [5.41, 5.74) is 1.63. The molecule has 0 unspecified atom stereocenters. The summed E-state index contributed by atoms with van der Waals surface area (Å²) in [4.78, 5) is 13.0. The van der Waals surface area contributed by atoms with Crippen LogP contribution in [-0.2, 0) is 14.8 Å². The Morgan fingerprint density at radius 3 is 2.48 bits per heavy atom. The van der Waals surface area contributed by atoms with Crippen LogP contribution in [-0.4, -0.2) is 25.2 Å². The Balaban J connectivity index is 2.34. The van der Waals surface area contributed by atoms with Crippen molar-refractivity contribution in [2.45, 2.75) is 57.3 Å². The number of nitrogens with zero attached hydrogens (tertiary/aromatic N) is 1. The van der Waals surface area contributed by atoms with Crippen molar-refractivity contribution in [2.24, 2.45) is 0 Å². The van der Waals surface area contributed by atoms with Crippen LogP contribution < -0.4 is 0 Å². The summed E-state index contributed by atoms with van der Waals surface area (Å²) < 4.78 is 26.8. The molecule has 0 saturated heterocycles. The molecule has 0 N–H and O–H groups in total. The number of unbranched alkanes of at least 4 members (excludes halogenated alkanes) is 1. The van der Waals surface area contributed by atoms with Gasteiger partial charge < -0.3 is 0 Å². The first kappa shape index (κ1) is 17.7. The molecule has 1 aliphatic heterocycles. The summed E-state index contributed by atoms with van der Waals surface area (Å²) >= 11 is 0. The maximum Gasteiger partial charge on any atom is 0.266 e. The molecule has 2 rings (SSSR count). The molecule has 0 aliphatic carbocycles. The van der Waals surface area contributed by atoms with Crippen LogP contribution in [0.4, 0.5) is 0 Å². The van der Waals surface area contributed by atoms with Gasteiger partial charge in [-0.05, 0) is 51.2 Å². The number of benzene rings is 1. The van der Waals surface area contributed by atoms with Gasteiger partial charge in [0.15, 0.2) is 0 Å². The van der Waals surface area contributed by atoms with Crippen molar-refractivity contribution in [1.82, 2.24) is 4.31 Å². The molecule has 0 radical (unpaired) electrons. The molecule has 0 spiro atoms. The second-order valence-electron chi connectivity index (χ2n) is 6.02. The Hall–Kier alpha value is -1.62. The third-order valence-corrected chi connectivity index (χ3v) is 5.91. The number of amides is 1. The van der Waals surface area contributed by atoms with Gasteiger partial charge in [-0.25, -0.2) is 12.7 Å². The fourth-order valence-electron chi connectivity index (χ4n) is 2.67. The monoisotopic (exact) mass is 335 g/mol. The third kappa shape index (κ3) is 4.22. The molecule has 4 nitrogen and oxygen atoms in total. The Kier molecular flexibility index (Phi) is 5.99. The highest BCUT2D eigenvalue weighted by atomic mass is 32.2.